The van der Waals surface area contributed by atoms with E-state index in [0.29, 0.717) is 6.42 Å². The summed E-state index contributed by atoms with van der Waals surface area (Å²) in [7, 11) is 0. The lowest BCUT2D eigenvalue weighted by molar-refractivity contribution is -0.144. The van der Waals surface area contributed by atoms with Crippen molar-refractivity contribution in [1.29, 1.82) is 0 Å². The lowest BCUT2D eigenvalue weighted by atomic mass is 9.98. The van der Waals surface area contributed by atoms with Crippen molar-refractivity contribution >= 4 is 29.7 Å². The Morgan fingerprint density at radius 3 is 1.79 bits per heavy atom. The Bertz CT molecular complexity index is 595. The van der Waals surface area contributed by atoms with Crippen LogP contribution in [0.3, 0.4) is 0 Å². The number of carboxylic acids is 2. The van der Waals surface area contributed by atoms with E-state index < -0.39 is 72.8 Å². The first-order valence-corrected chi connectivity index (χ1v) is 8.66. The van der Waals surface area contributed by atoms with Crippen molar-refractivity contribution in [2.45, 2.75) is 57.8 Å². The van der Waals surface area contributed by atoms with Gasteiger partial charge in [-0.25, -0.2) is 4.79 Å². The van der Waals surface area contributed by atoms with Gasteiger partial charge in [0.05, 0.1) is 19.1 Å². The summed E-state index contributed by atoms with van der Waals surface area (Å²) in [5, 5.41) is 33.9. The van der Waals surface area contributed by atoms with Crippen LogP contribution in [0, 0.1) is 5.92 Å². The van der Waals surface area contributed by atoms with Crippen molar-refractivity contribution < 1.29 is 39.3 Å². The van der Waals surface area contributed by atoms with Gasteiger partial charge in [-0.3, -0.25) is 19.2 Å². The minimum atomic E-state index is -1.61. The molecule has 160 valence electrons. The maximum atomic E-state index is 12.4. The zero-order chi connectivity index (χ0) is 22.0. The molecule has 0 heterocycles. The Labute approximate surface area is 161 Å². The molecule has 0 radical (unpaired) electrons. The molecule has 0 fully saturated rings. The fraction of sp³-hybridized carbons (Fsp3) is 0.688. The molecule has 0 aliphatic rings. The second kappa shape index (κ2) is 11.9. The summed E-state index contributed by atoms with van der Waals surface area (Å²) in [6.07, 6.45) is -0.396. The highest BCUT2D eigenvalue weighted by molar-refractivity contribution is 5.95. The number of carboxylic acid groups (broad SMARTS) is 2. The molecule has 12 heteroatoms. The van der Waals surface area contributed by atoms with Crippen LogP contribution in [0.2, 0.25) is 0 Å². The van der Waals surface area contributed by atoms with Gasteiger partial charge in [0.15, 0.2) is 0 Å². The number of hydrogen-bond acceptors (Lipinski definition) is 7. The molecule has 0 bridgehead atoms. The third-order valence-corrected chi connectivity index (χ3v) is 4.02. The zero-order valence-corrected chi connectivity index (χ0v) is 16.0. The van der Waals surface area contributed by atoms with Crippen molar-refractivity contribution in [1.82, 2.24) is 16.0 Å². The SMILES string of the molecule is CCC(C)C(NC(=O)C(CC(=O)O)NC(=O)C(CO)NC(=O)C(C)N)C(=O)O. The smallest absolute Gasteiger partial charge is 0.326 e. The topological polar surface area (TPSA) is 208 Å². The van der Waals surface area contributed by atoms with Gasteiger partial charge in [0.1, 0.15) is 18.1 Å². The number of rotatable bonds is 12. The molecule has 0 aromatic rings. The highest BCUT2D eigenvalue weighted by Gasteiger charge is 2.32. The standard InChI is InChI=1S/C16H28N4O8/c1-4-7(2)12(16(27)28)20-14(25)9(5-11(22)23)18-15(26)10(6-21)19-13(24)8(3)17/h7-10,12,21H,4-6,17H2,1-3H3,(H,18,26)(H,19,24)(H,20,25)(H,22,23)(H,27,28). The molecule has 0 rings (SSSR count). The van der Waals surface area contributed by atoms with E-state index in [2.05, 4.69) is 16.0 Å². The van der Waals surface area contributed by atoms with Crippen LogP contribution in [0.4, 0.5) is 0 Å². The monoisotopic (exact) mass is 404 g/mol. The van der Waals surface area contributed by atoms with Gasteiger partial charge in [0.2, 0.25) is 17.7 Å². The zero-order valence-electron chi connectivity index (χ0n) is 16.0. The van der Waals surface area contributed by atoms with Crippen LogP contribution in [-0.2, 0) is 24.0 Å². The largest absolute Gasteiger partial charge is 0.481 e. The molecule has 0 aromatic heterocycles. The molecule has 0 saturated heterocycles. The number of aliphatic hydroxyl groups is 1. The molecule has 5 unspecified atom stereocenters. The second-order valence-electron chi connectivity index (χ2n) is 6.40. The van der Waals surface area contributed by atoms with Crippen LogP contribution in [-0.4, -0.2) is 75.8 Å². The summed E-state index contributed by atoms with van der Waals surface area (Å²) >= 11 is 0. The number of aliphatic carboxylic acids is 2. The van der Waals surface area contributed by atoms with Crippen molar-refractivity contribution in [2.24, 2.45) is 11.7 Å². The Hall–Kier alpha value is -2.73. The third-order valence-electron chi connectivity index (χ3n) is 4.02. The summed E-state index contributed by atoms with van der Waals surface area (Å²) in [5.41, 5.74) is 5.36. The van der Waals surface area contributed by atoms with Gasteiger partial charge in [-0.2, -0.15) is 0 Å². The number of amides is 3. The van der Waals surface area contributed by atoms with Gasteiger partial charge in [-0.15, -0.1) is 0 Å². The molecule has 0 spiro atoms. The number of nitrogens with one attached hydrogen (secondary N) is 3. The lowest BCUT2D eigenvalue weighted by Crippen LogP contribution is -2.58. The Morgan fingerprint density at radius 2 is 1.39 bits per heavy atom. The van der Waals surface area contributed by atoms with Gasteiger partial charge in [0.25, 0.3) is 0 Å². The third kappa shape index (κ3) is 8.31. The molecule has 8 N–H and O–H groups in total. The Kier molecular flexibility index (Phi) is 10.7. The Morgan fingerprint density at radius 1 is 0.893 bits per heavy atom. The molecule has 12 nitrogen and oxygen atoms in total. The van der Waals surface area contributed by atoms with Crippen LogP contribution in [0.15, 0.2) is 0 Å². The van der Waals surface area contributed by atoms with Gasteiger partial charge >= 0.3 is 11.9 Å². The van der Waals surface area contributed by atoms with E-state index in [0.717, 1.165) is 0 Å². The lowest BCUT2D eigenvalue weighted by Gasteiger charge is -2.25. The summed E-state index contributed by atoms with van der Waals surface area (Å²) < 4.78 is 0. The van der Waals surface area contributed by atoms with Crippen LogP contribution in [0.25, 0.3) is 0 Å². The van der Waals surface area contributed by atoms with Crippen molar-refractivity contribution in [3.8, 4) is 0 Å². The summed E-state index contributed by atoms with van der Waals surface area (Å²) in [4.78, 5) is 58.5. The van der Waals surface area contributed by atoms with E-state index in [9.17, 15) is 34.2 Å². The van der Waals surface area contributed by atoms with E-state index in [1.807, 2.05) is 0 Å². The highest BCUT2D eigenvalue weighted by atomic mass is 16.4. The average Bonchev–Trinajstić information content (AvgIpc) is 2.61. The number of carbonyl (C=O) groups excluding carboxylic acids is 3. The van der Waals surface area contributed by atoms with Crippen LogP contribution < -0.4 is 21.7 Å². The van der Waals surface area contributed by atoms with E-state index in [1.165, 1.54) is 6.92 Å². The van der Waals surface area contributed by atoms with Crippen LogP contribution in [0.1, 0.15) is 33.6 Å². The molecule has 0 saturated carbocycles. The van der Waals surface area contributed by atoms with Crippen LogP contribution in [0.5, 0.6) is 0 Å². The maximum Gasteiger partial charge on any atom is 0.326 e. The van der Waals surface area contributed by atoms with E-state index in [1.54, 1.807) is 13.8 Å². The normalized spacial score (nSPS) is 16.0. The minimum Gasteiger partial charge on any atom is -0.481 e. The summed E-state index contributed by atoms with van der Waals surface area (Å²) in [6.45, 7) is 3.84. The number of hydrogen-bond donors (Lipinski definition) is 7. The minimum absolute atomic E-state index is 0.434. The van der Waals surface area contributed by atoms with Crippen LogP contribution >= 0.6 is 0 Å². The van der Waals surface area contributed by atoms with Gasteiger partial charge in [-0.1, -0.05) is 20.3 Å². The summed E-state index contributed by atoms with van der Waals surface area (Å²) in [6, 6.07) is -5.33. The van der Waals surface area contributed by atoms with Crippen molar-refractivity contribution in [2.75, 3.05) is 6.61 Å². The quantitative estimate of drug-likeness (QED) is 0.181. The number of carbonyl (C=O) groups is 5. The van der Waals surface area contributed by atoms with Gasteiger partial charge in [0, 0.05) is 0 Å². The summed E-state index contributed by atoms with van der Waals surface area (Å²) in [5.74, 6) is -5.95. The predicted molar refractivity (Wildman–Crippen MR) is 95.9 cm³/mol. The van der Waals surface area contributed by atoms with Crippen molar-refractivity contribution in [3.63, 3.8) is 0 Å². The number of nitrogens with two attached hydrogens (primary N) is 1. The van der Waals surface area contributed by atoms with E-state index in [4.69, 9.17) is 10.8 Å². The van der Waals surface area contributed by atoms with E-state index >= 15 is 0 Å². The first kappa shape index (κ1) is 25.3. The van der Waals surface area contributed by atoms with E-state index in [-0.39, 0.29) is 0 Å². The fourth-order valence-corrected chi connectivity index (χ4v) is 2.09. The molecule has 28 heavy (non-hydrogen) atoms. The second-order valence-corrected chi connectivity index (χ2v) is 6.40. The molecule has 0 aromatic carbocycles. The molecule has 5 atom stereocenters. The molecule has 0 aliphatic heterocycles. The fourth-order valence-electron chi connectivity index (χ4n) is 2.09. The van der Waals surface area contributed by atoms with Gasteiger partial charge < -0.3 is 37.0 Å². The predicted octanol–water partition coefficient (Wildman–Crippen LogP) is -2.61. The molecule has 3 amide bonds. The maximum absolute atomic E-state index is 12.4. The molecule has 0 aliphatic carbocycles. The average molecular weight is 404 g/mol. The Balaban J connectivity index is 5.31. The first-order chi connectivity index (χ1) is 12.9. The molecular formula is C16H28N4O8. The molecular weight excluding hydrogens is 376 g/mol. The van der Waals surface area contributed by atoms with Crippen molar-refractivity contribution in [3.05, 3.63) is 0 Å². The first-order valence-electron chi connectivity index (χ1n) is 8.66. The number of aliphatic hydroxyl groups excluding tert-OH is 1. The van der Waals surface area contributed by atoms with Gasteiger partial charge in [-0.05, 0) is 12.8 Å². The highest BCUT2D eigenvalue weighted by Crippen LogP contribution is 2.09.